The number of rotatable bonds is 9. The van der Waals surface area contributed by atoms with E-state index in [0.717, 1.165) is 30.2 Å². The Kier molecular flexibility index (Phi) is 7.60. The van der Waals surface area contributed by atoms with Gasteiger partial charge in [0.25, 0.3) is 0 Å². The Balaban J connectivity index is 1.66. The number of likely N-dealkylation sites (tertiary alicyclic amines) is 1. The second-order valence-corrected chi connectivity index (χ2v) is 6.69. The third-order valence-electron chi connectivity index (χ3n) is 4.94. The van der Waals surface area contributed by atoms with Gasteiger partial charge in [-0.15, -0.1) is 0 Å². The normalized spacial score (nSPS) is 16.4. The van der Waals surface area contributed by atoms with Gasteiger partial charge in [-0.3, -0.25) is 4.79 Å². The molecule has 0 amide bonds. The number of Topliss-reactive ketones (excluding diaryl/α,β-unsaturated/α-hetero) is 1. The highest BCUT2D eigenvalue weighted by Crippen LogP contribution is 2.23. The Hall–Kier alpha value is -1.35. The lowest BCUT2D eigenvalue weighted by molar-refractivity contribution is 0.0969. The predicted molar refractivity (Wildman–Crippen MR) is 95.2 cm³/mol. The molecule has 1 aromatic carbocycles. The average Bonchev–Trinajstić information content (AvgIpc) is 2.61. The van der Waals surface area contributed by atoms with E-state index in [1.54, 1.807) is 7.11 Å². The van der Waals surface area contributed by atoms with Crippen LogP contribution in [0.1, 0.15) is 62.2 Å². The van der Waals surface area contributed by atoms with Crippen molar-refractivity contribution < 1.29 is 9.53 Å². The highest BCUT2D eigenvalue weighted by atomic mass is 16.5. The van der Waals surface area contributed by atoms with Crippen LogP contribution in [0.2, 0.25) is 0 Å². The van der Waals surface area contributed by atoms with Crippen LogP contribution >= 0.6 is 0 Å². The molecule has 128 valence electrons. The average molecular weight is 317 g/mol. The summed E-state index contributed by atoms with van der Waals surface area (Å²) in [5.41, 5.74) is 0.766. The molecular weight excluding hydrogens is 286 g/mol. The molecule has 0 unspecified atom stereocenters. The first-order valence-corrected chi connectivity index (χ1v) is 9.12. The molecule has 0 aromatic heterocycles. The van der Waals surface area contributed by atoms with Gasteiger partial charge < -0.3 is 9.64 Å². The van der Waals surface area contributed by atoms with Gasteiger partial charge in [0.1, 0.15) is 5.75 Å². The summed E-state index contributed by atoms with van der Waals surface area (Å²) in [5, 5.41) is 0. The Morgan fingerprint density at radius 1 is 1.26 bits per heavy atom. The second-order valence-electron chi connectivity index (χ2n) is 6.69. The largest absolute Gasteiger partial charge is 0.497 e. The molecule has 0 aliphatic carbocycles. The van der Waals surface area contributed by atoms with Crippen molar-refractivity contribution in [2.24, 2.45) is 5.92 Å². The van der Waals surface area contributed by atoms with E-state index in [4.69, 9.17) is 4.74 Å². The fraction of sp³-hybridized carbons (Fsp3) is 0.650. The van der Waals surface area contributed by atoms with Gasteiger partial charge in [0.05, 0.1) is 7.11 Å². The molecule has 23 heavy (non-hydrogen) atoms. The number of carbonyl (C=O) groups is 1. The van der Waals surface area contributed by atoms with E-state index in [2.05, 4.69) is 11.8 Å². The highest BCUT2D eigenvalue weighted by molar-refractivity contribution is 5.96. The van der Waals surface area contributed by atoms with Crippen LogP contribution in [0.4, 0.5) is 0 Å². The standard InChI is InChI=1S/C20H31NO2/c1-3-4-7-17-11-14-21(15-12-17)13-6-10-20(22)18-8-5-9-19(16-18)23-2/h5,8-9,16-17H,3-4,6-7,10-15H2,1-2H3. The summed E-state index contributed by atoms with van der Waals surface area (Å²) in [6.45, 7) is 5.74. The maximum absolute atomic E-state index is 12.3. The Morgan fingerprint density at radius 3 is 2.74 bits per heavy atom. The number of ether oxygens (including phenoxy) is 1. The number of hydrogen-bond donors (Lipinski definition) is 0. The summed E-state index contributed by atoms with van der Waals surface area (Å²) in [5.74, 6) is 1.91. The van der Waals surface area contributed by atoms with Crippen LogP contribution in [0.5, 0.6) is 5.75 Å². The fourth-order valence-corrected chi connectivity index (χ4v) is 3.40. The van der Waals surface area contributed by atoms with Gasteiger partial charge in [0, 0.05) is 12.0 Å². The van der Waals surface area contributed by atoms with Crippen LogP contribution in [0, 0.1) is 5.92 Å². The molecule has 2 rings (SSSR count). The Labute approximate surface area is 141 Å². The molecule has 1 aromatic rings. The monoisotopic (exact) mass is 317 g/mol. The minimum absolute atomic E-state index is 0.224. The number of hydrogen-bond acceptors (Lipinski definition) is 3. The van der Waals surface area contributed by atoms with Crippen LogP contribution in [0.15, 0.2) is 24.3 Å². The minimum atomic E-state index is 0.224. The van der Waals surface area contributed by atoms with Gasteiger partial charge in [-0.1, -0.05) is 38.3 Å². The Morgan fingerprint density at radius 2 is 2.04 bits per heavy atom. The zero-order valence-electron chi connectivity index (χ0n) is 14.7. The maximum atomic E-state index is 12.3. The number of unbranched alkanes of at least 4 members (excludes halogenated alkanes) is 1. The first kappa shape index (κ1) is 18.0. The number of methoxy groups -OCH3 is 1. The predicted octanol–water partition coefficient (Wildman–Crippen LogP) is 4.56. The molecule has 3 nitrogen and oxygen atoms in total. The van der Waals surface area contributed by atoms with E-state index < -0.39 is 0 Å². The molecule has 0 radical (unpaired) electrons. The van der Waals surface area contributed by atoms with Crippen LogP contribution in [0.25, 0.3) is 0 Å². The fourth-order valence-electron chi connectivity index (χ4n) is 3.40. The molecule has 0 spiro atoms. The molecule has 1 saturated heterocycles. The molecular formula is C20H31NO2. The van der Waals surface area contributed by atoms with Crippen molar-refractivity contribution in [2.75, 3.05) is 26.7 Å². The van der Waals surface area contributed by atoms with Gasteiger partial charge in [0.15, 0.2) is 5.78 Å². The molecule has 3 heteroatoms. The van der Waals surface area contributed by atoms with Crippen LogP contribution in [-0.2, 0) is 0 Å². The lowest BCUT2D eigenvalue weighted by atomic mass is 9.91. The van der Waals surface area contributed by atoms with Crippen LogP contribution in [0.3, 0.4) is 0 Å². The molecule has 0 atom stereocenters. The molecule has 1 aliphatic rings. The number of carbonyl (C=O) groups excluding carboxylic acids is 1. The zero-order chi connectivity index (χ0) is 16.5. The molecule has 0 N–H and O–H groups in total. The molecule has 0 saturated carbocycles. The number of ketones is 1. The van der Waals surface area contributed by atoms with E-state index in [0.29, 0.717) is 6.42 Å². The van der Waals surface area contributed by atoms with Crippen molar-refractivity contribution in [3.63, 3.8) is 0 Å². The van der Waals surface area contributed by atoms with Gasteiger partial charge >= 0.3 is 0 Å². The summed E-state index contributed by atoms with van der Waals surface area (Å²) in [6.07, 6.45) is 8.34. The molecule has 1 aliphatic heterocycles. The van der Waals surface area contributed by atoms with Crippen LogP contribution in [-0.4, -0.2) is 37.4 Å². The second kappa shape index (κ2) is 9.71. The summed E-state index contributed by atoms with van der Waals surface area (Å²) in [4.78, 5) is 14.8. The molecule has 1 heterocycles. The summed E-state index contributed by atoms with van der Waals surface area (Å²) < 4.78 is 5.18. The van der Waals surface area contributed by atoms with Crippen molar-refractivity contribution >= 4 is 5.78 Å². The Bertz CT molecular complexity index is 478. The quantitative estimate of drug-likeness (QED) is 0.625. The smallest absolute Gasteiger partial charge is 0.163 e. The van der Waals surface area contributed by atoms with E-state index in [1.165, 1.54) is 45.2 Å². The minimum Gasteiger partial charge on any atom is -0.497 e. The molecule has 0 bridgehead atoms. The van der Waals surface area contributed by atoms with Crippen molar-refractivity contribution in [2.45, 2.75) is 51.9 Å². The molecule has 1 fully saturated rings. The summed E-state index contributed by atoms with van der Waals surface area (Å²) in [7, 11) is 1.63. The first-order valence-electron chi connectivity index (χ1n) is 9.12. The number of nitrogens with zero attached hydrogens (tertiary/aromatic N) is 1. The summed E-state index contributed by atoms with van der Waals surface area (Å²) >= 11 is 0. The van der Waals surface area contributed by atoms with Gasteiger partial charge in [-0.2, -0.15) is 0 Å². The topological polar surface area (TPSA) is 29.5 Å². The number of benzene rings is 1. The van der Waals surface area contributed by atoms with E-state index >= 15 is 0 Å². The van der Waals surface area contributed by atoms with E-state index in [1.807, 2.05) is 24.3 Å². The van der Waals surface area contributed by atoms with Crippen molar-refractivity contribution in [1.29, 1.82) is 0 Å². The third kappa shape index (κ3) is 5.98. The number of piperidine rings is 1. The van der Waals surface area contributed by atoms with Gasteiger partial charge in [-0.05, 0) is 56.9 Å². The third-order valence-corrected chi connectivity index (χ3v) is 4.94. The summed E-state index contributed by atoms with van der Waals surface area (Å²) in [6, 6.07) is 7.47. The zero-order valence-corrected chi connectivity index (χ0v) is 14.7. The van der Waals surface area contributed by atoms with Crippen molar-refractivity contribution in [3.8, 4) is 5.75 Å². The van der Waals surface area contributed by atoms with Crippen molar-refractivity contribution in [1.82, 2.24) is 4.90 Å². The van der Waals surface area contributed by atoms with E-state index in [-0.39, 0.29) is 5.78 Å². The lowest BCUT2D eigenvalue weighted by Crippen LogP contribution is -2.34. The first-order chi connectivity index (χ1) is 11.2. The van der Waals surface area contributed by atoms with Crippen molar-refractivity contribution in [3.05, 3.63) is 29.8 Å². The lowest BCUT2D eigenvalue weighted by Gasteiger charge is -2.31. The van der Waals surface area contributed by atoms with Gasteiger partial charge in [-0.25, -0.2) is 0 Å². The highest BCUT2D eigenvalue weighted by Gasteiger charge is 2.18. The van der Waals surface area contributed by atoms with Gasteiger partial charge in [0.2, 0.25) is 0 Å². The van der Waals surface area contributed by atoms with E-state index in [9.17, 15) is 4.79 Å². The maximum Gasteiger partial charge on any atom is 0.163 e. The SMILES string of the molecule is CCCCC1CCN(CCCC(=O)c2cccc(OC)c2)CC1. The van der Waals surface area contributed by atoms with Crippen LogP contribution < -0.4 is 4.74 Å².